The van der Waals surface area contributed by atoms with Gasteiger partial charge in [0, 0.05) is 4.47 Å². The van der Waals surface area contributed by atoms with Crippen molar-refractivity contribution < 1.29 is 4.79 Å². The molecule has 0 fully saturated rings. The molecule has 94 valence electrons. The Morgan fingerprint density at radius 1 is 1.11 bits per heavy atom. The van der Waals surface area contributed by atoms with Crippen molar-refractivity contribution in [2.75, 3.05) is 0 Å². The maximum Gasteiger partial charge on any atom is 0.253 e. The van der Waals surface area contributed by atoms with Crippen LogP contribution in [-0.4, -0.2) is 20.9 Å². The summed E-state index contributed by atoms with van der Waals surface area (Å²) in [5.74, 6) is -0.0870. The van der Waals surface area contributed by atoms with Gasteiger partial charge in [0.25, 0.3) is 5.91 Å². The lowest BCUT2D eigenvalue weighted by Crippen LogP contribution is -2.15. The molecule has 1 aromatic heterocycles. The average molecular weight is 316 g/mol. The molecule has 0 N–H and O–H groups in total. The molecule has 0 aliphatic carbocycles. The number of para-hydroxylation sites is 1. The van der Waals surface area contributed by atoms with Crippen LogP contribution in [0.1, 0.15) is 10.4 Å². The Morgan fingerprint density at radius 3 is 2.63 bits per heavy atom. The quantitative estimate of drug-likeness (QED) is 0.730. The molecule has 2 aromatic carbocycles. The van der Waals surface area contributed by atoms with E-state index in [4.69, 9.17) is 0 Å². The second kappa shape index (κ2) is 4.93. The summed E-state index contributed by atoms with van der Waals surface area (Å²) >= 11 is 3.37. The van der Waals surface area contributed by atoms with Crippen LogP contribution in [-0.2, 0) is 6.42 Å². The Hall–Kier alpha value is -2.01. The van der Waals surface area contributed by atoms with E-state index < -0.39 is 0 Å². The standard InChI is InChI=1S/C14H10BrN3O/c15-11-7-5-10(6-8-11)9-14(19)18-13-4-2-1-3-12(13)16-17-18/h1-8H,9H2. The topological polar surface area (TPSA) is 47.8 Å². The highest BCUT2D eigenvalue weighted by atomic mass is 79.9. The van der Waals surface area contributed by atoms with E-state index >= 15 is 0 Å². The van der Waals surface area contributed by atoms with Crippen molar-refractivity contribution in [3.05, 3.63) is 58.6 Å². The summed E-state index contributed by atoms with van der Waals surface area (Å²) in [7, 11) is 0. The van der Waals surface area contributed by atoms with Crippen molar-refractivity contribution >= 4 is 32.9 Å². The van der Waals surface area contributed by atoms with Gasteiger partial charge in [0.05, 0.1) is 11.9 Å². The van der Waals surface area contributed by atoms with Crippen LogP contribution in [0.25, 0.3) is 11.0 Å². The van der Waals surface area contributed by atoms with Gasteiger partial charge in [0.1, 0.15) is 5.52 Å². The van der Waals surface area contributed by atoms with E-state index in [2.05, 4.69) is 26.2 Å². The largest absolute Gasteiger partial charge is 0.272 e. The molecule has 4 nitrogen and oxygen atoms in total. The fourth-order valence-electron chi connectivity index (χ4n) is 1.90. The van der Waals surface area contributed by atoms with E-state index in [1.54, 1.807) is 0 Å². The number of fused-ring (bicyclic) bond motifs is 1. The normalized spacial score (nSPS) is 10.8. The van der Waals surface area contributed by atoms with Gasteiger partial charge in [0.15, 0.2) is 0 Å². The molecule has 3 rings (SSSR count). The van der Waals surface area contributed by atoms with Crippen LogP contribution in [0.2, 0.25) is 0 Å². The molecule has 0 saturated carbocycles. The molecule has 0 bridgehead atoms. The summed E-state index contributed by atoms with van der Waals surface area (Å²) in [6.45, 7) is 0. The summed E-state index contributed by atoms with van der Waals surface area (Å²) in [4.78, 5) is 12.2. The molecular formula is C14H10BrN3O. The Balaban J connectivity index is 1.90. The third kappa shape index (κ3) is 2.42. The Morgan fingerprint density at radius 2 is 1.84 bits per heavy atom. The monoisotopic (exact) mass is 315 g/mol. The Labute approximate surface area is 118 Å². The van der Waals surface area contributed by atoms with Gasteiger partial charge in [-0.1, -0.05) is 45.4 Å². The zero-order valence-electron chi connectivity index (χ0n) is 9.95. The minimum atomic E-state index is -0.0870. The lowest BCUT2D eigenvalue weighted by Gasteiger charge is -2.02. The highest BCUT2D eigenvalue weighted by Gasteiger charge is 2.11. The Kier molecular flexibility index (Phi) is 3.13. The maximum absolute atomic E-state index is 12.2. The van der Waals surface area contributed by atoms with Gasteiger partial charge in [-0.3, -0.25) is 4.79 Å². The van der Waals surface area contributed by atoms with Crippen LogP contribution in [0.4, 0.5) is 0 Å². The van der Waals surface area contributed by atoms with E-state index in [1.807, 2.05) is 48.5 Å². The number of carbonyl (C=O) groups excluding carboxylic acids is 1. The van der Waals surface area contributed by atoms with E-state index in [-0.39, 0.29) is 5.91 Å². The number of benzene rings is 2. The second-order valence-electron chi connectivity index (χ2n) is 4.19. The van der Waals surface area contributed by atoms with E-state index in [9.17, 15) is 4.79 Å². The predicted molar refractivity (Wildman–Crippen MR) is 76.0 cm³/mol. The van der Waals surface area contributed by atoms with Gasteiger partial charge < -0.3 is 0 Å². The first kappa shape index (κ1) is 12.0. The van der Waals surface area contributed by atoms with Crippen LogP contribution in [0.3, 0.4) is 0 Å². The zero-order valence-corrected chi connectivity index (χ0v) is 11.5. The summed E-state index contributed by atoms with van der Waals surface area (Å²) < 4.78 is 2.35. The van der Waals surface area contributed by atoms with Crippen molar-refractivity contribution in [1.82, 2.24) is 15.0 Å². The number of carbonyl (C=O) groups is 1. The van der Waals surface area contributed by atoms with Crippen LogP contribution in [0, 0.1) is 0 Å². The number of hydrogen-bond donors (Lipinski definition) is 0. The highest BCUT2D eigenvalue weighted by molar-refractivity contribution is 9.10. The summed E-state index contributed by atoms with van der Waals surface area (Å²) in [6.07, 6.45) is 0.306. The van der Waals surface area contributed by atoms with Gasteiger partial charge in [-0.25, -0.2) is 0 Å². The number of hydrogen-bond acceptors (Lipinski definition) is 3. The molecule has 0 amide bonds. The molecular weight excluding hydrogens is 306 g/mol. The maximum atomic E-state index is 12.2. The predicted octanol–water partition coefficient (Wildman–Crippen LogP) is 3.08. The molecule has 1 heterocycles. The van der Waals surface area contributed by atoms with Crippen LogP contribution in [0.15, 0.2) is 53.0 Å². The van der Waals surface area contributed by atoms with Gasteiger partial charge in [-0.2, -0.15) is 4.68 Å². The second-order valence-corrected chi connectivity index (χ2v) is 5.10. The molecule has 0 saturated heterocycles. The first-order valence-electron chi connectivity index (χ1n) is 5.82. The van der Waals surface area contributed by atoms with Crippen LogP contribution < -0.4 is 0 Å². The summed E-state index contributed by atoms with van der Waals surface area (Å²) in [6, 6.07) is 15.1. The first-order valence-corrected chi connectivity index (χ1v) is 6.61. The van der Waals surface area contributed by atoms with Crippen molar-refractivity contribution in [2.45, 2.75) is 6.42 Å². The zero-order chi connectivity index (χ0) is 13.2. The molecule has 3 aromatic rings. The molecule has 0 aliphatic heterocycles. The van der Waals surface area contributed by atoms with Crippen molar-refractivity contribution in [2.24, 2.45) is 0 Å². The van der Waals surface area contributed by atoms with E-state index in [0.717, 1.165) is 21.1 Å². The lowest BCUT2D eigenvalue weighted by atomic mass is 10.1. The van der Waals surface area contributed by atoms with Crippen LogP contribution in [0.5, 0.6) is 0 Å². The van der Waals surface area contributed by atoms with Gasteiger partial charge in [-0.05, 0) is 29.8 Å². The minimum absolute atomic E-state index is 0.0870. The van der Waals surface area contributed by atoms with Gasteiger partial charge >= 0.3 is 0 Å². The first-order chi connectivity index (χ1) is 9.24. The number of halogens is 1. The highest BCUT2D eigenvalue weighted by Crippen LogP contribution is 2.13. The number of aromatic nitrogens is 3. The van der Waals surface area contributed by atoms with Gasteiger partial charge in [0.2, 0.25) is 0 Å². The fourth-order valence-corrected chi connectivity index (χ4v) is 2.17. The van der Waals surface area contributed by atoms with Crippen molar-refractivity contribution in [3.63, 3.8) is 0 Å². The van der Waals surface area contributed by atoms with Crippen molar-refractivity contribution in [3.8, 4) is 0 Å². The van der Waals surface area contributed by atoms with E-state index in [1.165, 1.54) is 4.68 Å². The lowest BCUT2D eigenvalue weighted by molar-refractivity contribution is 0.0901. The molecule has 0 radical (unpaired) electrons. The third-order valence-corrected chi connectivity index (χ3v) is 3.39. The smallest absolute Gasteiger partial charge is 0.253 e. The molecule has 0 spiro atoms. The number of rotatable bonds is 2. The SMILES string of the molecule is O=C(Cc1ccc(Br)cc1)n1nnc2ccccc21. The minimum Gasteiger partial charge on any atom is -0.272 e. The van der Waals surface area contributed by atoms with Crippen LogP contribution >= 0.6 is 15.9 Å². The molecule has 19 heavy (non-hydrogen) atoms. The molecule has 0 aliphatic rings. The molecule has 5 heteroatoms. The van der Waals surface area contributed by atoms with E-state index in [0.29, 0.717) is 6.42 Å². The summed E-state index contributed by atoms with van der Waals surface area (Å²) in [5, 5.41) is 7.90. The van der Waals surface area contributed by atoms with Gasteiger partial charge in [-0.15, -0.1) is 5.10 Å². The third-order valence-electron chi connectivity index (χ3n) is 2.86. The summed E-state index contributed by atoms with van der Waals surface area (Å²) in [5.41, 5.74) is 2.42. The number of nitrogens with zero attached hydrogens (tertiary/aromatic N) is 3. The fraction of sp³-hybridized carbons (Fsp3) is 0.0714. The van der Waals surface area contributed by atoms with Crippen molar-refractivity contribution in [1.29, 1.82) is 0 Å². The molecule has 0 atom stereocenters. The average Bonchev–Trinajstić information content (AvgIpc) is 2.85. The molecule has 0 unspecified atom stereocenters. The Bertz CT molecular complexity index is 734.